The van der Waals surface area contributed by atoms with Crippen molar-refractivity contribution in [1.82, 2.24) is 14.8 Å². The van der Waals surface area contributed by atoms with E-state index in [1.807, 2.05) is 12.1 Å². The molecule has 2 N–H and O–H groups in total. The zero-order chi connectivity index (χ0) is 23.1. The van der Waals surface area contributed by atoms with Crippen LogP contribution in [0.3, 0.4) is 0 Å². The van der Waals surface area contributed by atoms with Crippen molar-refractivity contribution in [2.45, 2.75) is 25.3 Å². The predicted molar refractivity (Wildman–Crippen MR) is 121 cm³/mol. The van der Waals surface area contributed by atoms with E-state index in [2.05, 4.69) is 10.3 Å². The Morgan fingerprint density at radius 3 is 2.36 bits per heavy atom. The maximum absolute atomic E-state index is 13.1. The Morgan fingerprint density at radius 2 is 1.73 bits per heavy atom. The lowest BCUT2D eigenvalue weighted by Gasteiger charge is -2.32. The zero-order valence-electron chi connectivity index (χ0n) is 18.6. The van der Waals surface area contributed by atoms with Crippen molar-refractivity contribution in [3.63, 3.8) is 0 Å². The van der Waals surface area contributed by atoms with Crippen molar-refractivity contribution in [1.29, 1.82) is 0 Å². The molecule has 9 heteroatoms. The number of methoxy groups -OCH3 is 3. The van der Waals surface area contributed by atoms with Crippen LogP contribution in [0.15, 0.2) is 47.7 Å². The number of phenols is 1. The average molecular weight is 448 g/mol. The van der Waals surface area contributed by atoms with E-state index in [0.29, 0.717) is 41.0 Å². The summed E-state index contributed by atoms with van der Waals surface area (Å²) in [6.07, 6.45) is 2.02. The number of hydrogen-bond acceptors (Lipinski definition) is 8. The normalized spacial score (nSPS) is 17.2. The molecule has 9 nitrogen and oxygen atoms in total. The summed E-state index contributed by atoms with van der Waals surface area (Å²) in [5.41, 5.74) is 3.06. The van der Waals surface area contributed by atoms with E-state index in [1.54, 1.807) is 50.3 Å². The Bertz CT molecular complexity index is 1240. The van der Waals surface area contributed by atoms with Crippen LogP contribution >= 0.6 is 0 Å². The number of ketones is 1. The first-order valence-corrected chi connectivity index (χ1v) is 10.6. The van der Waals surface area contributed by atoms with Gasteiger partial charge in [-0.05, 0) is 54.8 Å². The quantitative estimate of drug-likeness (QED) is 0.608. The second-order valence-corrected chi connectivity index (χ2v) is 7.91. The molecule has 0 saturated heterocycles. The molecule has 1 aromatic heterocycles. The zero-order valence-corrected chi connectivity index (χ0v) is 18.6. The number of phenolic OH excluding ortho intramolecular Hbond substituents is 1. The van der Waals surface area contributed by atoms with E-state index in [9.17, 15) is 9.90 Å². The molecule has 2 heterocycles. The highest BCUT2D eigenvalue weighted by atomic mass is 16.5. The van der Waals surface area contributed by atoms with Crippen LogP contribution in [0.1, 0.15) is 30.9 Å². The molecule has 1 aliphatic heterocycles. The molecule has 170 valence electrons. The maximum atomic E-state index is 13.1. The van der Waals surface area contributed by atoms with Crippen LogP contribution in [0.5, 0.6) is 23.0 Å². The van der Waals surface area contributed by atoms with Crippen molar-refractivity contribution in [3.05, 3.63) is 53.2 Å². The molecule has 0 spiro atoms. The number of rotatable bonds is 5. The molecule has 2 aromatic carbocycles. The predicted octanol–water partition coefficient (Wildman–Crippen LogP) is 3.70. The van der Waals surface area contributed by atoms with E-state index >= 15 is 0 Å². The average Bonchev–Trinajstić information content (AvgIpc) is 3.26. The largest absolute Gasteiger partial charge is 0.508 e. The molecule has 0 fully saturated rings. The van der Waals surface area contributed by atoms with Gasteiger partial charge in [0.2, 0.25) is 11.7 Å². The van der Waals surface area contributed by atoms with Gasteiger partial charge in [-0.1, -0.05) is 0 Å². The first-order valence-electron chi connectivity index (χ1n) is 10.6. The number of allylic oxidation sites excluding steroid dienone is 2. The molecule has 3 aromatic rings. The second kappa shape index (κ2) is 8.16. The highest BCUT2D eigenvalue weighted by Gasteiger charge is 2.37. The first kappa shape index (κ1) is 20.9. The standard InChI is InChI=1S/C24H24N4O5/c1-31-18-11-14(12-19(32-2)22(18)33-3)21-20-16(5-4-6-17(20)30)25-24-26-23(27-28(21)24)13-7-9-15(29)10-8-13/h7-12,21,29H,4-6H2,1-3H3,(H,25,26,27)/t21-/m1/s1. The number of Topliss-reactive ketones (excluding diaryl/α,β-unsaturated/α-hetero) is 1. The number of hydrogen-bond donors (Lipinski definition) is 2. The third kappa shape index (κ3) is 3.45. The minimum absolute atomic E-state index is 0.0786. The van der Waals surface area contributed by atoms with E-state index in [0.717, 1.165) is 29.7 Å². The van der Waals surface area contributed by atoms with Gasteiger partial charge in [0.05, 0.1) is 21.3 Å². The van der Waals surface area contributed by atoms with Gasteiger partial charge < -0.3 is 24.6 Å². The fraction of sp³-hybridized carbons (Fsp3) is 0.292. The molecule has 33 heavy (non-hydrogen) atoms. The Kier molecular flexibility index (Phi) is 5.16. The minimum Gasteiger partial charge on any atom is -0.508 e. The summed E-state index contributed by atoms with van der Waals surface area (Å²) < 4.78 is 18.3. The Morgan fingerprint density at radius 1 is 1.03 bits per heavy atom. The third-order valence-electron chi connectivity index (χ3n) is 6.00. The smallest absolute Gasteiger partial charge is 0.226 e. The number of carbonyl (C=O) groups excluding carboxylic acids is 1. The van der Waals surface area contributed by atoms with E-state index in [-0.39, 0.29) is 11.5 Å². The number of carbonyl (C=O) groups is 1. The van der Waals surface area contributed by atoms with Crippen molar-refractivity contribution in [3.8, 4) is 34.4 Å². The lowest BCUT2D eigenvalue weighted by Crippen LogP contribution is -2.31. The molecule has 2 aliphatic rings. The van der Waals surface area contributed by atoms with Crippen molar-refractivity contribution >= 4 is 11.7 Å². The fourth-order valence-corrected chi connectivity index (χ4v) is 4.46. The topological polar surface area (TPSA) is 108 Å². The Labute approximate surface area is 190 Å². The molecule has 0 bridgehead atoms. The first-order chi connectivity index (χ1) is 16.0. The maximum Gasteiger partial charge on any atom is 0.226 e. The number of benzene rings is 2. The summed E-state index contributed by atoms with van der Waals surface area (Å²) in [6.45, 7) is 0. The summed E-state index contributed by atoms with van der Waals surface area (Å²) in [7, 11) is 4.67. The fourth-order valence-electron chi connectivity index (χ4n) is 4.46. The van der Waals surface area contributed by atoms with Gasteiger partial charge in [-0.15, -0.1) is 5.10 Å². The molecule has 0 saturated carbocycles. The van der Waals surface area contributed by atoms with Gasteiger partial charge in [0.25, 0.3) is 0 Å². The Balaban J connectivity index is 1.70. The van der Waals surface area contributed by atoms with E-state index < -0.39 is 6.04 Å². The van der Waals surface area contributed by atoms with Gasteiger partial charge in [0.1, 0.15) is 11.8 Å². The molecule has 0 unspecified atom stereocenters. The summed E-state index contributed by atoms with van der Waals surface area (Å²) in [4.78, 5) is 17.8. The molecule has 1 atom stereocenters. The molecule has 0 radical (unpaired) electrons. The SMILES string of the molecule is COc1cc([C@@H]2C3=C(CCCC3=O)Nc3nc(-c4ccc(O)cc4)nn32)cc(OC)c1OC. The summed E-state index contributed by atoms with van der Waals surface area (Å²) in [5, 5.41) is 17.7. The monoisotopic (exact) mass is 448 g/mol. The van der Waals surface area contributed by atoms with Crippen LogP contribution in [0.4, 0.5) is 5.95 Å². The molecular formula is C24H24N4O5. The van der Waals surface area contributed by atoms with Crippen molar-refractivity contribution < 1.29 is 24.1 Å². The third-order valence-corrected chi connectivity index (χ3v) is 6.00. The Hall–Kier alpha value is -4.01. The van der Waals surface area contributed by atoms with Crippen LogP contribution in [0.2, 0.25) is 0 Å². The van der Waals surface area contributed by atoms with E-state index in [4.69, 9.17) is 19.3 Å². The number of aromatic nitrogens is 3. The van der Waals surface area contributed by atoms with Gasteiger partial charge >= 0.3 is 0 Å². The number of nitrogens with zero attached hydrogens (tertiary/aromatic N) is 3. The number of nitrogens with one attached hydrogen (secondary N) is 1. The van der Waals surface area contributed by atoms with Crippen LogP contribution < -0.4 is 19.5 Å². The van der Waals surface area contributed by atoms with E-state index in [1.165, 1.54) is 0 Å². The molecule has 5 rings (SSSR count). The lowest BCUT2D eigenvalue weighted by molar-refractivity contribution is -0.116. The van der Waals surface area contributed by atoms with Crippen molar-refractivity contribution in [2.24, 2.45) is 0 Å². The van der Waals surface area contributed by atoms with Crippen LogP contribution in [0.25, 0.3) is 11.4 Å². The summed E-state index contributed by atoms with van der Waals surface area (Å²) >= 11 is 0. The molecular weight excluding hydrogens is 424 g/mol. The van der Waals surface area contributed by atoms with Gasteiger partial charge in [-0.2, -0.15) is 4.98 Å². The second-order valence-electron chi connectivity index (χ2n) is 7.91. The number of ether oxygens (including phenoxy) is 3. The van der Waals surface area contributed by atoms with Crippen LogP contribution in [-0.2, 0) is 4.79 Å². The minimum atomic E-state index is -0.504. The highest BCUT2D eigenvalue weighted by molar-refractivity contribution is 5.99. The number of anilines is 1. The summed E-state index contributed by atoms with van der Waals surface area (Å²) in [6, 6.07) is 9.87. The van der Waals surface area contributed by atoms with Gasteiger partial charge in [-0.3, -0.25) is 4.79 Å². The van der Waals surface area contributed by atoms with Gasteiger partial charge in [0.15, 0.2) is 23.1 Å². The van der Waals surface area contributed by atoms with Crippen molar-refractivity contribution in [2.75, 3.05) is 26.6 Å². The highest BCUT2D eigenvalue weighted by Crippen LogP contribution is 2.45. The molecule has 0 amide bonds. The van der Waals surface area contributed by atoms with Gasteiger partial charge in [-0.25, -0.2) is 4.68 Å². The summed E-state index contributed by atoms with van der Waals surface area (Å²) in [5.74, 6) is 2.75. The van der Waals surface area contributed by atoms with Crippen LogP contribution in [0, 0.1) is 0 Å². The molecule has 1 aliphatic carbocycles. The lowest BCUT2D eigenvalue weighted by atomic mass is 9.85. The van der Waals surface area contributed by atoms with Crippen LogP contribution in [-0.4, -0.2) is 47.0 Å². The number of aromatic hydroxyl groups is 1. The van der Waals surface area contributed by atoms with Gasteiger partial charge in [0, 0.05) is 23.3 Å². The number of fused-ring (bicyclic) bond motifs is 1.